The number of halogens is 1. The molecule has 28 heavy (non-hydrogen) atoms. The molecule has 7 heteroatoms. The van der Waals surface area contributed by atoms with Gasteiger partial charge in [-0.25, -0.2) is 0 Å². The molecule has 1 fully saturated rings. The van der Waals surface area contributed by atoms with Crippen LogP contribution in [0.3, 0.4) is 0 Å². The summed E-state index contributed by atoms with van der Waals surface area (Å²) in [5.74, 6) is -0.141. The van der Waals surface area contributed by atoms with Crippen molar-refractivity contribution in [1.82, 2.24) is 10.2 Å². The maximum absolute atomic E-state index is 12.5. The van der Waals surface area contributed by atoms with Crippen molar-refractivity contribution >= 4 is 40.9 Å². The monoisotopic (exact) mass is 415 g/mol. The third-order valence-corrected chi connectivity index (χ3v) is 6.64. The summed E-state index contributed by atoms with van der Waals surface area (Å²) in [5.41, 5.74) is 2.39. The van der Waals surface area contributed by atoms with Crippen molar-refractivity contribution in [1.29, 1.82) is 0 Å². The van der Waals surface area contributed by atoms with Gasteiger partial charge >= 0.3 is 0 Å². The molecule has 2 aliphatic rings. The molecule has 2 heterocycles. The van der Waals surface area contributed by atoms with E-state index >= 15 is 0 Å². The van der Waals surface area contributed by atoms with Gasteiger partial charge in [0.2, 0.25) is 0 Å². The van der Waals surface area contributed by atoms with Crippen molar-refractivity contribution in [2.75, 3.05) is 25.0 Å². The Kier molecular flexibility index (Phi) is 5.90. The first-order valence-corrected chi connectivity index (χ1v) is 10.7. The largest absolute Gasteiger partial charge is 0.352 e. The van der Waals surface area contributed by atoms with Crippen LogP contribution in [0.15, 0.2) is 47.4 Å². The Bertz CT molecular complexity index is 882. The van der Waals surface area contributed by atoms with Crippen LogP contribution >= 0.6 is 23.4 Å². The fourth-order valence-electron chi connectivity index (χ4n) is 3.53. The number of benzene rings is 2. The summed E-state index contributed by atoms with van der Waals surface area (Å²) < 4.78 is 0. The third-order valence-electron chi connectivity index (χ3n) is 5.05. The van der Waals surface area contributed by atoms with Gasteiger partial charge < -0.3 is 10.6 Å². The average molecular weight is 416 g/mol. The van der Waals surface area contributed by atoms with E-state index in [9.17, 15) is 9.59 Å². The number of nitrogens with zero attached hydrogens (tertiary/aromatic N) is 1. The minimum Gasteiger partial charge on any atom is -0.352 e. The van der Waals surface area contributed by atoms with Gasteiger partial charge in [-0.15, -0.1) is 0 Å². The van der Waals surface area contributed by atoms with Gasteiger partial charge in [-0.05, 0) is 68.2 Å². The number of carbonyl (C=O) groups excluding carboxylic acids is 2. The van der Waals surface area contributed by atoms with Crippen molar-refractivity contribution in [3.8, 4) is 0 Å². The molecule has 0 radical (unpaired) electrons. The van der Waals surface area contributed by atoms with E-state index in [4.69, 9.17) is 11.6 Å². The summed E-state index contributed by atoms with van der Waals surface area (Å²) in [6.07, 6.45) is 3.02. The molecular formula is C21H22ClN3O2S. The molecule has 5 nitrogen and oxygen atoms in total. The normalized spacial score (nSPS) is 19.2. The molecule has 2 aromatic rings. The summed E-state index contributed by atoms with van der Waals surface area (Å²) in [6.45, 7) is 2.47. The molecule has 4 rings (SSSR count). The minimum atomic E-state index is -0.172. The predicted octanol–water partition coefficient (Wildman–Crippen LogP) is 3.78. The Labute approximate surface area is 173 Å². The molecule has 1 unspecified atom stereocenters. The minimum absolute atomic E-state index is 0.000281. The molecule has 1 saturated heterocycles. The smallest absolute Gasteiger partial charge is 0.252 e. The Morgan fingerprint density at radius 1 is 1.18 bits per heavy atom. The number of hydrogen-bond donors (Lipinski definition) is 2. The van der Waals surface area contributed by atoms with Crippen LogP contribution in [0, 0.1) is 0 Å². The van der Waals surface area contributed by atoms with E-state index in [-0.39, 0.29) is 17.2 Å². The highest BCUT2D eigenvalue weighted by Gasteiger charge is 2.33. The molecule has 146 valence electrons. The van der Waals surface area contributed by atoms with Crippen LogP contribution in [0.2, 0.25) is 5.02 Å². The molecule has 1 atom stereocenters. The van der Waals surface area contributed by atoms with Crippen LogP contribution in [-0.4, -0.2) is 41.7 Å². The number of anilines is 1. The van der Waals surface area contributed by atoms with Gasteiger partial charge in [0.05, 0.1) is 5.69 Å². The van der Waals surface area contributed by atoms with E-state index in [0.29, 0.717) is 17.1 Å². The van der Waals surface area contributed by atoms with E-state index in [1.165, 1.54) is 0 Å². The fraction of sp³-hybridized carbons (Fsp3) is 0.333. The standard InChI is InChI=1S/C21H22ClN3O2S/c22-16-6-3-14(4-7-16)9-10-23-19(26)15-5-8-18-17(13-15)24-20(27)21(28-18)25-11-1-2-12-25/h3-8,13,21H,1-2,9-12H2,(H,23,26)(H,24,27). The molecule has 2 amide bonds. The second kappa shape index (κ2) is 8.55. The van der Waals surface area contributed by atoms with Crippen LogP contribution in [0.1, 0.15) is 28.8 Å². The van der Waals surface area contributed by atoms with Crippen molar-refractivity contribution < 1.29 is 9.59 Å². The summed E-state index contributed by atoms with van der Waals surface area (Å²) in [5, 5.41) is 6.44. The maximum atomic E-state index is 12.5. The lowest BCUT2D eigenvalue weighted by Crippen LogP contribution is -2.42. The molecule has 0 bridgehead atoms. The summed E-state index contributed by atoms with van der Waals surface area (Å²) in [6, 6.07) is 13.1. The maximum Gasteiger partial charge on any atom is 0.252 e. The third kappa shape index (κ3) is 4.35. The predicted molar refractivity (Wildman–Crippen MR) is 113 cm³/mol. The van der Waals surface area contributed by atoms with Gasteiger partial charge in [-0.2, -0.15) is 0 Å². The zero-order valence-electron chi connectivity index (χ0n) is 15.4. The number of nitrogens with one attached hydrogen (secondary N) is 2. The summed E-state index contributed by atoms with van der Waals surface area (Å²) in [4.78, 5) is 28.2. The Morgan fingerprint density at radius 3 is 2.68 bits per heavy atom. The first-order valence-electron chi connectivity index (χ1n) is 9.48. The van der Waals surface area contributed by atoms with E-state index in [1.807, 2.05) is 36.4 Å². The lowest BCUT2D eigenvalue weighted by Gasteiger charge is -2.30. The fourth-order valence-corrected chi connectivity index (χ4v) is 4.81. The van der Waals surface area contributed by atoms with Crippen molar-refractivity contribution in [2.45, 2.75) is 29.5 Å². The number of fused-ring (bicyclic) bond motifs is 1. The summed E-state index contributed by atoms with van der Waals surface area (Å²) >= 11 is 7.46. The lowest BCUT2D eigenvalue weighted by atomic mass is 10.1. The van der Waals surface area contributed by atoms with E-state index in [2.05, 4.69) is 15.5 Å². The van der Waals surface area contributed by atoms with E-state index < -0.39 is 0 Å². The zero-order valence-corrected chi connectivity index (χ0v) is 17.0. The highest BCUT2D eigenvalue weighted by atomic mass is 35.5. The first kappa shape index (κ1) is 19.3. The molecule has 0 aromatic heterocycles. The molecule has 2 N–H and O–H groups in total. The van der Waals surface area contributed by atoms with Gasteiger partial charge in [0.15, 0.2) is 0 Å². The summed E-state index contributed by atoms with van der Waals surface area (Å²) in [7, 11) is 0. The number of rotatable bonds is 5. The number of amides is 2. The quantitative estimate of drug-likeness (QED) is 0.780. The van der Waals surface area contributed by atoms with E-state index in [1.54, 1.807) is 17.8 Å². The van der Waals surface area contributed by atoms with E-state index in [0.717, 1.165) is 48.5 Å². The number of likely N-dealkylation sites (tertiary alicyclic amines) is 1. The molecule has 0 spiro atoms. The number of hydrogen-bond acceptors (Lipinski definition) is 4. The van der Waals surface area contributed by atoms with Crippen LogP contribution < -0.4 is 10.6 Å². The molecule has 2 aromatic carbocycles. The molecular weight excluding hydrogens is 394 g/mol. The average Bonchev–Trinajstić information content (AvgIpc) is 3.23. The number of thioether (sulfide) groups is 1. The lowest BCUT2D eigenvalue weighted by molar-refractivity contribution is -0.118. The van der Waals surface area contributed by atoms with Gasteiger partial charge in [0, 0.05) is 22.0 Å². The van der Waals surface area contributed by atoms with Crippen LogP contribution in [0.5, 0.6) is 0 Å². The Balaban J connectivity index is 1.37. The second-order valence-electron chi connectivity index (χ2n) is 7.05. The SMILES string of the molecule is O=C(NCCc1ccc(Cl)cc1)c1ccc2c(c1)NC(=O)C(N1CCCC1)S2. The highest BCUT2D eigenvalue weighted by Crippen LogP contribution is 2.38. The second-order valence-corrected chi connectivity index (χ2v) is 8.60. The van der Waals surface area contributed by atoms with Crippen LogP contribution in [-0.2, 0) is 11.2 Å². The van der Waals surface area contributed by atoms with Crippen molar-refractivity contribution in [3.63, 3.8) is 0 Å². The van der Waals surface area contributed by atoms with Crippen molar-refractivity contribution in [2.24, 2.45) is 0 Å². The molecule has 2 aliphatic heterocycles. The highest BCUT2D eigenvalue weighted by molar-refractivity contribution is 8.00. The Hall–Kier alpha value is -2.02. The Morgan fingerprint density at radius 2 is 1.93 bits per heavy atom. The van der Waals surface area contributed by atoms with Gasteiger partial charge in [0.1, 0.15) is 5.37 Å². The van der Waals surface area contributed by atoms with Crippen LogP contribution in [0.4, 0.5) is 5.69 Å². The van der Waals surface area contributed by atoms with Gasteiger partial charge in [-0.3, -0.25) is 14.5 Å². The molecule has 0 saturated carbocycles. The first-order chi connectivity index (χ1) is 13.6. The zero-order chi connectivity index (χ0) is 19.5. The van der Waals surface area contributed by atoms with Gasteiger partial charge in [-0.1, -0.05) is 35.5 Å². The van der Waals surface area contributed by atoms with Crippen LogP contribution in [0.25, 0.3) is 0 Å². The van der Waals surface area contributed by atoms with Crippen molar-refractivity contribution in [3.05, 3.63) is 58.6 Å². The van der Waals surface area contributed by atoms with Gasteiger partial charge in [0.25, 0.3) is 11.8 Å². The number of carbonyl (C=O) groups is 2. The molecule has 0 aliphatic carbocycles. The topological polar surface area (TPSA) is 61.4 Å².